The fourth-order valence-corrected chi connectivity index (χ4v) is 2.28. The number of anilines is 1. The van der Waals surface area contributed by atoms with Crippen LogP contribution >= 0.6 is 11.3 Å². The molecule has 1 heterocycles. The van der Waals surface area contributed by atoms with Gasteiger partial charge in [-0.15, -0.1) is 11.3 Å². The fraction of sp³-hybridized carbons (Fsp3) is 0.133. The highest BCUT2D eigenvalue weighted by Crippen LogP contribution is 2.24. The van der Waals surface area contributed by atoms with E-state index in [0.717, 1.165) is 23.4 Å². The van der Waals surface area contributed by atoms with Crippen LogP contribution in [0.1, 0.15) is 6.92 Å². The summed E-state index contributed by atoms with van der Waals surface area (Å²) in [7, 11) is 0. The maximum absolute atomic E-state index is 11.6. The second-order valence-corrected chi connectivity index (χ2v) is 4.84. The van der Waals surface area contributed by atoms with E-state index in [0.29, 0.717) is 5.13 Å². The molecule has 2 aromatic rings. The summed E-state index contributed by atoms with van der Waals surface area (Å²) in [5.41, 5.74) is 1.78. The van der Waals surface area contributed by atoms with Crippen molar-refractivity contribution in [2.45, 2.75) is 6.92 Å². The van der Waals surface area contributed by atoms with Crippen molar-refractivity contribution in [3.8, 4) is 11.3 Å². The summed E-state index contributed by atoms with van der Waals surface area (Å²) >= 11 is 1.32. The number of hydrogen-bond donors (Lipinski definition) is 1. The van der Waals surface area contributed by atoms with E-state index in [9.17, 15) is 9.59 Å². The smallest absolute Gasteiger partial charge is 0.330 e. The van der Waals surface area contributed by atoms with Gasteiger partial charge in [0.25, 0.3) is 0 Å². The maximum Gasteiger partial charge on any atom is 0.330 e. The van der Waals surface area contributed by atoms with Crippen LogP contribution in [-0.4, -0.2) is 23.5 Å². The van der Waals surface area contributed by atoms with Crippen LogP contribution < -0.4 is 5.32 Å². The van der Waals surface area contributed by atoms with Gasteiger partial charge in [-0.2, -0.15) is 0 Å². The Bertz CT molecular complexity index is 650. The normalized spacial score (nSPS) is 10.5. The Morgan fingerprint density at radius 2 is 2.05 bits per heavy atom. The Morgan fingerprint density at radius 1 is 1.29 bits per heavy atom. The highest BCUT2D eigenvalue weighted by molar-refractivity contribution is 7.14. The predicted molar refractivity (Wildman–Crippen MR) is 82.0 cm³/mol. The minimum atomic E-state index is -0.545. The van der Waals surface area contributed by atoms with Crippen molar-refractivity contribution >= 4 is 28.3 Å². The number of amides is 1. The highest BCUT2D eigenvalue weighted by atomic mass is 32.1. The zero-order valence-electron chi connectivity index (χ0n) is 11.4. The number of thiazole rings is 1. The zero-order chi connectivity index (χ0) is 15.1. The Kier molecular flexibility index (Phi) is 5.22. The molecule has 2 rings (SSSR count). The molecule has 0 radical (unpaired) electrons. The third-order valence-corrected chi connectivity index (χ3v) is 3.22. The zero-order valence-corrected chi connectivity index (χ0v) is 12.2. The molecule has 1 aromatic heterocycles. The molecule has 1 N–H and O–H groups in total. The summed E-state index contributed by atoms with van der Waals surface area (Å²) in [5.74, 6) is -0.964. The first-order valence-electron chi connectivity index (χ1n) is 6.36. The van der Waals surface area contributed by atoms with Gasteiger partial charge in [-0.3, -0.25) is 10.1 Å². The molecule has 0 saturated carbocycles. The largest absolute Gasteiger partial charge is 0.463 e. The van der Waals surface area contributed by atoms with Crippen LogP contribution in [0.4, 0.5) is 5.13 Å². The van der Waals surface area contributed by atoms with Gasteiger partial charge < -0.3 is 4.74 Å². The van der Waals surface area contributed by atoms with Crippen LogP contribution in [0.5, 0.6) is 0 Å². The number of carbonyl (C=O) groups excluding carboxylic acids is 2. The number of rotatable bonds is 5. The van der Waals surface area contributed by atoms with Crippen molar-refractivity contribution in [3.63, 3.8) is 0 Å². The summed E-state index contributed by atoms with van der Waals surface area (Å²) in [6.07, 6.45) is 2.21. The predicted octanol–water partition coefficient (Wildman–Crippen LogP) is 2.87. The molecule has 108 valence electrons. The molecule has 6 heteroatoms. The van der Waals surface area contributed by atoms with Crippen molar-refractivity contribution in [2.75, 3.05) is 11.9 Å². The Morgan fingerprint density at radius 3 is 2.76 bits per heavy atom. The second kappa shape index (κ2) is 7.35. The minimum Gasteiger partial charge on any atom is -0.463 e. The molecule has 0 aliphatic heterocycles. The summed E-state index contributed by atoms with van der Waals surface area (Å²) in [4.78, 5) is 27.0. The monoisotopic (exact) mass is 302 g/mol. The summed E-state index contributed by atoms with van der Waals surface area (Å²) < 4.78 is 4.69. The molecule has 0 aliphatic rings. The van der Waals surface area contributed by atoms with Crippen molar-refractivity contribution in [3.05, 3.63) is 47.9 Å². The average Bonchev–Trinajstić information content (AvgIpc) is 2.95. The van der Waals surface area contributed by atoms with E-state index < -0.39 is 11.9 Å². The Balaban J connectivity index is 1.97. The molecular formula is C15H14N2O3S. The second-order valence-electron chi connectivity index (χ2n) is 3.98. The van der Waals surface area contributed by atoms with Crippen molar-refractivity contribution in [1.82, 2.24) is 4.98 Å². The number of nitrogens with one attached hydrogen (secondary N) is 1. The van der Waals surface area contributed by atoms with E-state index in [2.05, 4.69) is 15.0 Å². The lowest BCUT2D eigenvalue weighted by atomic mass is 10.2. The number of carbonyl (C=O) groups is 2. The first-order valence-corrected chi connectivity index (χ1v) is 7.23. The van der Waals surface area contributed by atoms with Gasteiger partial charge in [0.2, 0.25) is 5.91 Å². The lowest BCUT2D eigenvalue weighted by molar-refractivity contribution is -0.137. The van der Waals surface area contributed by atoms with Gasteiger partial charge in [0.1, 0.15) is 0 Å². The quantitative estimate of drug-likeness (QED) is 0.681. The van der Waals surface area contributed by atoms with Crippen LogP contribution in [0.3, 0.4) is 0 Å². The number of nitrogens with zero attached hydrogens (tertiary/aromatic N) is 1. The van der Waals surface area contributed by atoms with Crippen molar-refractivity contribution < 1.29 is 14.3 Å². The average molecular weight is 302 g/mol. The van der Waals surface area contributed by atoms with E-state index in [1.165, 1.54) is 11.3 Å². The molecule has 0 aliphatic carbocycles. The number of ether oxygens (including phenoxy) is 1. The maximum atomic E-state index is 11.6. The van der Waals surface area contributed by atoms with Crippen LogP contribution in [0, 0.1) is 0 Å². The Labute approximate surface area is 126 Å². The highest BCUT2D eigenvalue weighted by Gasteiger charge is 2.06. The summed E-state index contributed by atoms with van der Waals surface area (Å²) in [6, 6.07) is 9.67. The fourth-order valence-electron chi connectivity index (χ4n) is 1.55. The van der Waals surface area contributed by atoms with Crippen LogP contribution in [0.2, 0.25) is 0 Å². The molecule has 0 bridgehead atoms. The standard InChI is InChI=1S/C15H14N2O3S/c1-2-20-14(19)9-8-13(18)17-15-16-12(10-21-15)11-6-4-3-5-7-11/h3-10H,2H2,1H3,(H,16,17,18)/b9-8+. The topological polar surface area (TPSA) is 68.3 Å². The lowest BCUT2D eigenvalue weighted by Gasteiger charge is -1.97. The van der Waals surface area contributed by atoms with Gasteiger partial charge in [0.15, 0.2) is 5.13 Å². The van der Waals surface area contributed by atoms with Gasteiger partial charge in [-0.25, -0.2) is 9.78 Å². The first kappa shape index (κ1) is 14.9. The van der Waals surface area contributed by atoms with Gasteiger partial charge in [0.05, 0.1) is 12.3 Å². The van der Waals surface area contributed by atoms with E-state index in [4.69, 9.17) is 0 Å². The molecule has 1 amide bonds. The van der Waals surface area contributed by atoms with Crippen LogP contribution in [-0.2, 0) is 14.3 Å². The number of esters is 1. The van der Waals surface area contributed by atoms with E-state index >= 15 is 0 Å². The molecule has 0 atom stereocenters. The van der Waals surface area contributed by atoms with E-state index in [1.807, 2.05) is 35.7 Å². The number of aromatic nitrogens is 1. The van der Waals surface area contributed by atoms with E-state index in [-0.39, 0.29) is 6.61 Å². The third kappa shape index (κ3) is 4.54. The molecule has 0 saturated heterocycles. The molecular weight excluding hydrogens is 288 g/mol. The molecule has 21 heavy (non-hydrogen) atoms. The van der Waals surface area contributed by atoms with Gasteiger partial charge in [0, 0.05) is 23.1 Å². The molecule has 0 unspecified atom stereocenters. The van der Waals surface area contributed by atoms with E-state index in [1.54, 1.807) is 6.92 Å². The molecule has 0 spiro atoms. The minimum absolute atomic E-state index is 0.276. The number of hydrogen-bond acceptors (Lipinski definition) is 5. The van der Waals surface area contributed by atoms with Crippen LogP contribution in [0.25, 0.3) is 11.3 Å². The van der Waals surface area contributed by atoms with Gasteiger partial charge >= 0.3 is 5.97 Å². The summed E-state index contributed by atoms with van der Waals surface area (Å²) in [5, 5.41) is 4.94. The molecule has 1 aromatic carbocycles. The lowest BCUT2D eigenvalue weighted by Crippen LogP contribution is -2.09. The van der Waals surface area contributed by atoms with Gasteiger partial charge in [-0.05, 0) is 6.92 Å². The SMILES string of the molecule is CCOC(=O)/C=C/C(=O)Nc1nc(-c2ccccc2)cs1. The van der Waals surface area contributed by atoms with Crippen molar-refractivity contribution in [1.29, 1.82) is 0 Å². The van der Waals surface area contributed by atoms with Gasteiger partial charge in [-0.1, -0.05) is 30.3 Å². The van der Waals surface area contributed by atoms with Crippen molar-refractivity contribution in [2.24, 2.45) is 0 Å². The van der Waals surface area contributed by atoms with Crippen LogP contribution in [0.15, 0.2) is 47.9 Å². The molecule has 5 nitrogen and oxygen atoms in total. The number of benzene rings is 1. The Hall–Kier alpha value is -2.47. The summed E-state index contributed by atoms with van der Waals surface area (Å²) in [6.45, 7) is 1.98. The first-order chi connectivity index (χ1) is 10.2. The third-order valence-electron chi connectivity index (χ3n) is 2.46. The molecule has 0 fully saturated rings.